The van der Waals surface area contributed by atoms with Gasteiger partial charge in [-0.3, -0.25) is 4.98 Å². The number of nitrogens with zero attached hydrogens (tertiary/aromatic N) is 5. The van der Waals surface area contributed by atoms with Crippen molar-refractivity contribution in [2.75, 3.05) is 13.2 Å². The molecule has 1 fully saturated rings. The molecule has 2 aromatic carbocycles. The van der Waals surface area contributed by atoms with Crippen LogP contribution in [0.4, 0.5) is 8.78 Å². The highest BCUT2D eigenvalue weighted by Gasteiger charge is 2.32. The van der Waals surface area contributed by atoms with Gasteiger partial charge in [0, 0.05) is 32.0 Å². The molecule has 4 heterocycles. The van der Waals surface area contributed by atoms with Crippen LogP contribution >= 0.6 is 0 Å². The normalized spacial score (nSPS) is 15.9. The average Bonchev–Trinajstić information content (AvgIpc) is 3.40. The predicted octanol–water partition coefficient (Wildman–Crippen LogP) is 5.82. The molecule has 0 aliphatic carbocycles. The number of halogens is 2. The van der Waals surface area contributed by atoms with Crippen molar-refractivity contribution in [2.24, 2.45) is 13.0 Å². The maximum absolute atomic E-state index is 15.9. The van der Waals surface area contributed by atoms with Gasteiger partial charge >= 0.3 is 0 Å². The molecule has 5 aromatic rings. The van der Waals surface area contributed by atoms with Crippen LogP contribution in [0.15, 0.2) is 48.7 Å². The first kappa shape index (κ1) is 25.6. The van der Waals surface area contributed by atoms with Crippen LogP contribution in [0.1, 0.15) is 49.6 Å². The van der Waals surface area contributed by atoms with Crippen molar-refractivity contribution >= 4 is 21.9 Å². The van der Waals surface area contributed by atoms with Gasteiger partial charge in [-0.15, -0.1) is 5.10 Å². The fraction of sp³-hybridized carbons (Fsp3) is 0.367. The highest BCUT2D eigenvalue weighted by Crippen LogP contribution is 2.43. The molecule has 1 aliphatic heterocycles. The van der Waals surface area contributed by atoms with Crippen LogP contribution in [0.5, 0.6) is 0 Å². The van der Waals surface area contributed by atoms with Gasteiger partial charge in [-0.1, -0.05) is 17.3 Å². The molecule has 1 N–H and O–H groups in total. The Hall–Kier alpha value is -3.69. The van der Waals surface area contributed by atoms with Crippen LogP contribution in [0.25, 0.3) is 33.2 Å². The summed E-state index contributed by atoms with van der Waals surface area (Å²) in [6.45, 7) is 6.35. The Morgan fingerprint density at radius 3 is 2.51 bits per heavy atom. The minimum atomic E-state index is -1.26. The molecule has 39 heavy (non-hydrogen) atoms. The van der Waals surface area contributed by atoms with Crippen LogP contribution in [0.3, 0.4) is 0 Å². The smallest absolute Gasteiger partial charge is 0.135 e. The number of aliphatic hydroxyl groups is 1. The molecule has 0 saturated carbocycles. The number of rotatable bonds is 5. The van der Waals surface area contributed by atoms with Crippen molar-refractivity contribution in [1.82, 2.24) is 24.5 Å². The molecule has 9 heteroatoms. The number of benzene rings is 2. The van der Waals surface area contributed by atoms with E-state index in [4.69, 9.17) is 9.72 Å². The maximum Gasteiger partial charge on any atom is 0.135 e. The summed E-state index contributed by atoms with van der Waals surface area (Å²) in [4.78, 5) is 4.77. The van der Waals surface area contributed by atoms with Crippen molar-refractivity contribution in [3.05, 3.63) is 77.1 Å². The second-order valence-corrected chi connectivity index (χ2v) is 11.0. The van der Waals surface area contributed by atoms with Crippen molar-refractivity contribution in [3.8, 4) is 11.3 Å². The van der Waals surface area contributed by atoms with E-state index < -0.39 is 11.4 Å². The highest BCUT2D eigenvalue weighted by atomic mass is 19.1. The van der Waals surface area contributed by atoms with Crippen molar-refractivity contribution in [2.45, 2.75) is 45.3 Å². The predicted molar refractivity (Wildman–Crippen MR) is 145 cm³/mol. The van der Waals surface area contributed by atoms with Gasteiger partial charge < -0.3 is 14.4 Å². The largest absolute Gasteiger partial charge is 0.386 e. The zero-order chi connectivity index (χ0) is 27.5. The second kappa shape index (κ2) is 9.50. The van der Waals surface area contributed by atoms with E-state index in [-0.39, 0.29) is 17.8 Å². The fourth-order valence-electron chi connectivity index (χ4n) is 5.97. The summed E-state index contributed by atoms with van der Waals surface area (Å²) in [6.07, 6.45) is 3.26. The van der Waals surface area contributed by atoms with Crippen LogP contribution in [0, 0.1) is 24.5 Å². The topological polar surface area (TPSA) is 78.0 Å². The molecule has 1 aliphatic rings. The van der Waals surface area contributed by atoms with Gasteiger partial charge in [0.25, 0.3) is 0 Å². The van der Waals surface area contributed by atoms with Crippen LogP contribution in [-0.2, 0) is 17.4 Å². The molecule has 1 unspecified atom stereocenters. The lowest BCUT2D eigenvalue weighted by atomic mass is 9.86. The molecule has 1 saturated heterocycles. The quantitative estimate of drug-likeness (QED) is 0.310. The third-order valence-corrected chi connectivity index (χ3v) is 7.85. The summed E-state index contributed by atoms with van der Waals surface area (Å²) >= 11 is 0. The Morgan fingerprint density at radius 1 is 1.08 bits per heavy atom. The summed E-state index contributed by atoms with van der Waals surface area (Å²) in [5.41, 5.74) is 4.17. The number of ether oxygens (including phenoxy) is 1. The Balaban J connectivity index is 1.73. The Labute approximate surface area is 225 Å². The first-order chi connectivity index (χ1) is 18.6. The second-order valence-electron chi connectivity index (χ2n) is 11.0. The molecule has 202 valence electrons. The molecule has 1 atom stereocenters. The SMILES string of the molecule is Cc1nnn(C)c1-c1cnc2c3c(F)cc(C(C)(C)O)cc3n(C(c3cccc(F)c3)C3CCOCC3)c2c1. The summed E-state index contributed by atoms with van der Waals surface area (Å²) in [6, 6.07) is 11.5. The minimum absolute atomic E-state index is 0.108. The number of aryl methyl sites for hydroxylation is 2. The lowest BCUT2D eigenvalue weighted by Gasteiger charge is -2.33. The van der Waals surface area contributed by atoms with Crippen molar-refractivity contribution < 1.29 is 18.6 Å². The van der Waals surface area contributed by atoms with E-state index in [9.17, 15) is 9.50 Å². The maximum atomic E-state index is 15.9. The van der Waals surface area contributed by atoms with Crippen LogP contribution < -0.4 is 0 Å². The minimum Gasteiger partial charge on any atom is -0.386 e. The highest BCUT2D eigenvalue weighted by molar-refractivity contribution is 6.07. The van der Waals surface area contributed by atoms with Gasteiger partial charge in [-0.05, 0) is 81.0 Å². The zero-order valence-corrected chi connectivity index (χ0v) is 22.4. The molecule has 6 rings (SSSR count). The van der Waals surface area contributed by atoms with E-state index in [1.165, 1.54) is 12.1 Å². The number of fused-ring (bicyclic) bond motifs is 3. The van der Waals surface area contributed by atoms with E-state index >= 15 is 4.39 Å². The molecule has 0 bridgehead atoms. The fourth-order valence-corrected chi connectivity index (χ4v) is 5.97. The summed E-state index contributed by atoms with van der Waals surface area (Å²) in [7, 11) is 1.82. The molecular formula is C30H31F2N5O2. The summed E-state index contributed by atoms with van der Waals surface area (Å²) < 4.78 is 40.0. The first-order valence-electron chi connectivity index (χ1n) is 13.2. The van der Waals surface area contributed by atoms with E-state index in [1.54, 1.807) is 36.9 Å². The van der Waals surface area contributed by atoms with Gasteiger partial charge in [0.1, 0.15) is 11.6 Å². The van der Waals surface area contributed by atoms with E-state index in [0.717, 1.165) is 40.9 Å². The molecule has 0 spiro atoms. The molecule has 0 amide bonds. The van der Waals surface area contributed by atoms with Gasteiger partial charge in [-0.25, -0.2) is 13.5 Å². The van der Waals surface area contributed by atoms with E-state index in [1.807, 2.05) is 32.2 Å². The first-order valence-corrected chi connectivity index (χ1v) is 13.2. The summed E-state index contributed by atoms with van der Waals surface area (Å²) in [5.74, 6) is -0.682. The Bertz CT molecular complexity index is 1680. The summed E-state index contributed by atoms with van der Waals surface area (Å²) in [5, 5.41) is 19.5. The van der Waals surface area contributed by atoms with Crippen molar-refractivity contribution in [1.29, 1.82) is 0 Å². The van der Waals surface area contributed by atoms with Gasteiger partial charge in [0.05, 0.1) is 45.0 Å². The number of aromatic nitrogens is 5. The van der Waals surface area contributed by atoms with Crippen LogP contribution in [-0.4, -0.2) is 42.9 Å². The molecule has 0 radical (unpaired) electrons. The number of hydrogen-bond donors (Lipinski definition) is 1. The molecule has 3 aromatic heterocycles. The lowest BCUT2D eigenvalue weighted by molar-refractivity contribution is 0.0552. The van der Waals surface area contributed by atoms with E-state index in [2.05, 4.69) is 14.9 Å². The van der Waals surface area contributed by atoms with E-state index in [0.29, 0.717) is 35.2 Å². The Morgan fingerprint density at radius 2 is 1.85 bits per heavy atom. The third-order valence-electron chi connectivity index (χ3n) is 7.85. The third kappa shape index (κ3) is 4.39. The lowest BCUT2D eigenvalue weighted by Crippen LogP contribution is -2.27. The van der Waals surface area contributed by atoms with Gasteiger partial charge in [0.15, 0.2) is 0 Å². The van der Waals surface area contributed by atoms with Crippen molar-refractivity contribution in [3.63, 3.8) is 0 Å². The monoisotopic (exact) mass is 531 g/mol. The Kier molecular flexibility index (Phi) is 6.23. The number of pyridine rings is 1. The molecule has 7 nitrogen and oxygen atoms in total. The van der Waals surface area contributed by atoms with Crippen LogP contribution in [0.2, 0.25) is 0 Å². The zero-order valence-electron chi connectivity index (χ0n) is 22.4. The standard InChI is InChI=1S/C30H31F2N5O2/c1-17-28(36(4)35-34-17)20-13-25-27(33-16-20)26-23(32)14-21(30(2,3)38)15-24(26)37(25)29(18-8-10-39-11-9-18)19-6-5-7-22(31)12-19/h5-7,12-16,18,29,38H,8-11H2,1-4H3. The number of hydrogen-bond acceptors (Lipinski definition) is 5. The molecular weight excluding hydrogens is 500 g/mol. The average molecular weight is 532 g/mol. The van der Waals surface area contributed by atoms with Gasteiger partial charge in [0.2, 0.25) is 0 Å². The van der Waals surface area contributed by atoms with Gasteiger partial charge in [-0.2, -0.15) is 0 Å².